The summed E-state index contributed by atoms with van der Waals surface area (Å²) in [5, 5.41) is 3.30. The zero-order valence-corrected chi connectivity index (χ0v) is 14.5. The van der Waals surface area contributed by atoms with E-state index in [-0.39, 0.29) is 36.9 Å². The van der Waals surface area contributed by atoms with Gasteiger partial charge in [0.2, 0.25) is 5.91 Å². The quantitative estimate of drug-likeness (QED) is 0.807. The molecule has 0 aromatic heterocycles. The SMILES string of the molecule is CCOc1ccc(C(=O)CCC(=O)N2CCNC(C)C2)cc1.Cl. The third kappa shape index (κ3) is 5.84. The Balaban J connectivity index is 0.00000264. The van der Waals surface area contributed by atoms with Crippen LogP contribution in [0.4, 0.5) is 0 Å². The molecule has 1 heterocycles. The molecule has 6 heteroatoms. The standard InChI is InChI=1S/C17H24N2O3.ClH/c1-3-22-15-6-4-14(5-7-15)16(20)8-9-17(21)19-11-10-18-13(2)12-19;/h4-7,13,18H,3,8-12H2,1-2H3;1H. The molecule has 1 aromatic rings. The fraction of sp³-hybridized carbons (Fsp3) is 0.529. The Morgan fingerprint density at radius 1 is 1.26 bits per heavy atom. The average Bonchev–Trinajstić information content (AvgIpc) is 2.53. The Labute approximate surface area is 143 Å². The van der Waals surface area contributed by atoms with Gasteiger partial charge in [0.15, 0.2) is 5.78 Å². The first-order valence-corrected chi connectivity index (χ1v) is 7.87. The number of piperazine rings is 1. The molecule has 1 amide bonds. The van der Waals surface area contributed by atoms with Crippen LogP contribution in [0.25, 0.3) is 0 Å². The predicted octanol–water partition coefficient (Wildman–Crippen LogP) is 2.29. The number of carbonyl (C=O) groups is 2. The summed E-state index contributed by atoms with van der Waals surface area (Å²) in [6, 6.07) is 7.40. The Hall–Kier alpha value is -1.59. The third-order valence-electron chi connectivity index (χ3n) is 3.77. The van der Waals surface area contributed by atoms with E-state index in [0.29, 0.717) is 18.2 Å². The Kier molecular flexibility index (Phi) is 8.06. The second-order valence-electron chi connectivity index (χ2n) is 5.58. The van der Waals surface area contributed by atoms with Crippen LogP contribution in [0.5, 0.6) is 5.75 Å². The molecule has 1 saturated heterocycles. The minimum absolute atomic E-state index is 0. The first-order chi connectivity index (χ1) is 10.6. The van der Waals surface area contributed by atoms with Crippen LogP contribution in [0.1, 0.15) is 37.0 Å². The maximum atomic E-state index is 12.1. The first-order valence-electron chi connectivity index (χ1n) is 7.87. The van der Waals surface area contributed by atoms with Crippen molar-refractivity contribution in [2.75, 3.05) is 26.2 Å². The number of ketones is 1. The molecule has 1 atom stereocenters. The number of nitrogens with one attached hydrogen (secondary N) is 1. The number of carbonyl (C=O) groups excluding carboxylic acids is 2. The van der Waals surface area contributed by atoms with Crippen LogP contribution in [-0.4, -0.2) is 48.9 Å². The van der Waals surface area contributed by atoms with Crippen molar-refractivity contribution >= 4 is 24.1 Å². The van der Waals surface area contributed by atoms with Crippen molar-refractivity contribution in [1.29, 1.82) is 0 Å². The molecule has 1 fully saturated rings. The summed E-state index contributed by atoms with van der Waals surface area (Å²) in [6.45, 7) is 6.84. The van der Waals surface area contributed by atoms with Crippen molar-refractivity contribution in [3.8, 4) is 5.75 Å². The maximum absolute atomic E-state index is 12.1. The second-order valence-corrected chi connectivity index (χ2v) is 5.58. The van der Waals surface area contributed by atoms with E-state index in [1.165, 1.54) is 0 Å². The Morgan fingerprint density at radius 3 is 2.57 bits per heavy atom. The lowest BCUT2D eigenvalue weighted by Gasteiger charge is -2.31. The van der Waals surface area contributed by atoms with Crippen LogP contribution in [0, 0.1) is 0 Å². The fourth-order valence-corrected chi connectivity index (χ4v) is 2.59. The molecule has 1 aliphatic heterocycles. The van der Waals surface area contributed by atoms with Gasteiger partial charge < -0.3 is 15.0 Å². The molecule has 128 valence electrons. The summed E-state index contributed by atoms with van der Waals surface area (Å²) in [5.41, 5.74) is 0.630. The van der Waals surface area contributed by atoms with E-state index in [0.717, 1.165) is 25.4 Å². The molecule has 0 saturated carbocycles. The molecule has 23 heavy (non-hydrogen) atoms. The number of nitrogens with zero attached hydrogens (tertiary/aromatic N) is 1. The number of hydrogen-bond acceptors (Lipinski definition) is 4. The Bertz CT molecular complexity index is 519. The zero-order valence-electron chi connectivity index (χ0n) is 13.7. The minimum Gasteiger partial charge on any atom is -0.494 e. The molecule has 0 spiro atoms. The largest absolute Gasteiger partial charge is 0.494 e. The van der Waals surface area contributed by atoms with Crippen LogP contribution in [0.3, 0.4) is 0 Å². The molecule has 1 aliphatic rings. The number of Topliss-reactive ketones (excluding diaryl/α,β-unsaturated/α-hetero) is 1. The highest BCUT2D eigenvalue weighted by molar-refractivity contribution is 5.98. The highest BCUT2D eigenvalue weighted by atomic mass is 35.5. The molecule has 1 N–H and O–H groups in total. The van der Waals surface area contributed by atoms with Gasteiger partial charge in [-0.15, -0.1) is 12.4 Å². The van der Waals surface area contributed by atoms with E-state index in [4.69, 9.17) is 4.74 Å². The summed E-state index contributed by atoms with van der Waals surface area (Å²) >= 11 is 0. The van der Waals surface area contributed by atoms with Gasteiger partial charge in [-0.1, -0.05) is 0 Å². The van der Waals surface area contributed by atoms with E-state index < -0.39 is 0 Å². The van der Waals surface area contributed by atoms with E-state index in [1.54, 1.807) is 24.3 Å². The fourth-order valence-electron chi connectivity index (χ4n) is 2.59. The summed E-state index contributed by atoms with van der Waals surface area (Å²) in [4.78, 5) is 26.1. The molecular formula is C17H25ClN2O3. The van der Waals surface area contributed by atoms with Gasteiger partial charge in [0.1, 0.15) is 5.75 Å². The van der Waals surface area contributed by atoms with Gasteiger partial charge in [0.25, 0.3) is 0 Å². The molecule has 1 unspecified atom stereocenters. The zero-order chi connectivity index (χ0) is 15.9. The first kappa shape index (κ1) is 19.5. The second kappa shape index (κ2) is 9.53. The van der Waals surface area contributed by atoms with E-state index >= 15 is 0 Å². The lowest BCUT2D eigenvalue weighted by molar-refractivity contribution is -0.132. The van der Waals surface area contributed by atoms with Crippen LogP contribution >= 0.6 is 12.4 Å². The van der Waals surface area contributed by atoms with Crippen LogP contribution in [0.15, 0.2) is 24.3 Å². The smallest absolute Gasteiger partial charge is 0.223 e. The average molecular weight is 341 g/mol. The molecule has 0 bridgehead atoms. The van der Waals surface area contributed by atoms with Crippen molar-refractivity contribution in [3.63, 3.8) is 0 Å². The van der Waals surface area contributed by atoms with Gasteiger partial charge in [0, 0.05) is 44.1 Å². The lowest BCUT2D eigenvalue weighted by atomic mass is 10.1. The lowest BCUT2D eigenvalue weighted by Crippen LogP contribution is -2.51. The number of rotatable bonds is 6. The van der Waals surface area contributed by atoms with E-state index in [2.05, 4.69) is 12.2 Å². The number of benzene rings is 1. The molecule has 5 nitrogen and oxygen atoms in total. The third-order valence-corrected chi connectivity index (χ3v) is 3.77. The van der Waals surface area contributed by atoms with Crippen molar-refractivity contribution < 1.29 is 14.3 Å². The summed E-state index contributed by atoms with van der Waals surface area (Å²) in [5.74, 6) is 0.817. The molecular weight excluding hydrogens is 316 g/mol. The number of amides is 1. The van der Waals surface area contributed by atoms with Crippen LogP contribution in [0.2, 0.25) is 0 Å². The van der Waals surface area contributed by atoms with Gasteiger partial charge >= 0.3 is 0 Å². The van der Waals surface area contributed by atoms with Crippen LogP contribution < -0.4 is 10.1 Å². The summed E-state index contributed by atoms with van der Waals surface area (Å²) < 4.78 is 5.35. The number of ether oxygens (including phenoxy) is 1. The van der Waals surface area contributed by atoms with E-state index in [9.17, 15) is 9.59 Å². The van der Waals surface area contributed by atoms with Gasteiger partial charge in [-0.25, -0.2) is 0 Å². The van der Waals surface area contributed by atoms with Gasteiger partial charge in [-0.2, -0.15) is 0 Å². The summed E-state index contributed by atoms with van der Waals surface area (Å²) in [6.07, 6.45) is 0.532. The van der Waals surface area contributed by atoms with E-state index in [1.807, 2.05) is 11.8 Å². The monoisotopic (exact) mass is 340 g/mol. The molecule has 0 radical (unpaired) electrons. The van der Waals surface area contributed by atoms with Gasteiger partial charge in [-0.3, -0.25) is 9.59 Å². The van der Waals surface area contributed by atoms with Gasteiger partial charge in [0.05, 0.1) is 6.61 Å². The topological polar surface area (TPSA) is 58.6 Å². The molecule has 1 aromatic carbocycles. The Morgan fingerprint density at radius 2 is 1.96 bits per heavy atom. The number of halogens is 1. The van der Waals surface area contributed by atoms with Crippen molar-refractivity contribution in [2.24, 2.45) is 0 Å². The predicted molar refractivity (Wildman–Crippen MR) is 92.5 cm³/mol. The number of hydrogen-bond donors (Lipinski definition) is 1. The molecule has 0 aliphatic carbocycles. The van der Waals surface area contributed by atoms with Crippen molar-refractivity contribution in [3.05, 3.63) is 29.8 Å². The maximum Gasteiger partial charge on any atom is 0.223 e. The highest BCUT2D eigenvalue weighted by Crippen LogP contribution is 2.14. The van der Waals surface area contributed by atoms with Crippen molar-refractivity contribution in [2.45, 2.75) is 32.7 Å². The normalized spacial score (nSPS) is 17.3. The molecule has 2 rings (SSSR count). The van der Waals surface area contributed by atoms with Crippen molar-refractivity contribution in [1.82, 2.24) is 10.2 Å². The van der Waals surface area contributed by atoms with Crippen LogP contribution in [-0.2, 0) is 4.79 Å². The highest BCUT2D eigenvalue weighted by Gasteiger charge is 2.21. The van der Waals surface area contributed by atoms with Gasteiger partial charge in [-0.05, 0) is 38.1 Å². The minimum atomic E-state index is -0.000388. The summed E-state index contributed by atoms with van der Waals surface area (Å²) in [7, 11) is 0.